The molecule has 0 amide bonds. The highest BCUT2D eigenvalue weighted by molar-refractivity contribution is 6.01. The van der Waals surface area contributed by atoms with E-state index in [1.165, 1.54) is 0 Å². The molecule has 1 aliphatic carbocycles. The summed E-state index contributed by atoms with van der Waals surface area (Å²) in [5.41, 5.74) is 5.77. The molecule has 2 aliphatic rings. The number of Topliss-reactive ketones (excluding diaryl/α,β-unsaturated/α-hetero) is 1. The Morgan fingerprint density at radius 1 is 0.857 bits per heavy atom. The van der Waals surface area contributed by atoms with Gasteiger partial charge >= 0.3 is 0 Å². The van der Waals surface area contributed by atoms with E-state index in [1.807, 2.05) is 73.7 Å². The molecule has 35 heavy (non-hydrogen) atoms. The predicted molar refractivity (Wildman–Crippen MR) is 138 cm³/mol. The number of hydrogen-bond acceptors (Lipinski definition) is 6. The van der Waals surface area contributed by atoms with Crippen LogP contribution in [0.15, 0.2) is 78.0 Å². The molecule has 2 atom stereocenters. The highest BCUT2D eigenvalue weighted by Gasteiger charge is 2.36. The molecule has 1 heterocycles. The number of nitrogens with one attached hydrogen (secondary N) is 2. The number of methoxy groups -OCH3 is 2. The summed E-state index contributed by atoms with van der Waals surface area (Å²) in [6.07, 6.45) is 1.15. The third-order valence-electron chi connectivity index (χ3n) is 6.71. The summed E-state index contributed by atoms with van der Waals surface area (Å²) in [5, 5.41) is 7.22. The molecule has 180 valence electrons. The van der Waals surface area contributed by atoms with Crippen LogP contribution in [0.4, 0.5) is 11.4 Å². The molecule has 0 saturated carbocycles. The molecule has 5 rings (SSSR count). The predicted octanol–water partition coefficient (Wildman–Crippen LogP) is 6.08. The van der Waals surface area contributed by atoms with Crippen molar-refractivity contribution in [1.82, 2.24) is 0 Å². The van der Waals surface area contributed by atoms with Gasteiger partial charge in [-0.15, -0.1) is 0 Å². The SMILES string of the molecule is CCOc1ccc(C2Nc3ccccc3NC3=C2C(=O)CC(c2ccc(OC)c(OC)c2)C3)cc1. The molecule has 0 radical (unpaired) electrons. The van der Waals surface area contributed by atoms with Crippen molar-refractivity contribution in [2.45, 2.75) is 31.7 Å². The Balaban J connectivity index is 1.55. The number of para-hydroxylation sites is 2. The van der Waals surface area contributed by atoms with E-state index in [9.17, 15) is 4.79 Å². The Hall–Kier alpha value is -3.93. The minimum Gasteiger partial charge on any atom is -0.494 e. The summed E-state index contributed by atoms with van der Waals surface area (Å²) in [5.74, 6) is 2.35. The number of ether oxygens (including phenoxy) is 3. The van der Waals surface area contributed by atoms with Gasteiger partial charge in [-0.05, 0) is 66.8 Å². The first-order valence-electron chi connectivity index (χ1n) is 11.9. The van der Waals surface area contributed by atoms with E-state index in [0.717, 1.165) is 45.9 Å². The Morgan fingerprint density at radius 2 is 1.57 bits per heavy atom. The first-order chi connectivity index (χ1) is 17.1. The van der Waals surface area contributed by atoms with Crippen molar-refractivity contribution in [3.05, 3.63) is 89.1 Å². The second-order valence-electron chi connectivity index (χ2n) is 8.78. The van der Waals surface area contributed by atoms with Crippen LogP contribution in [-0.4, -0.2) is 26.6 Å². The van der Waals surface area contributed by atoms with Gasteiger partial charge in [0.1, 0.15) is 5.75 Å². The lowest BCUT2D eigenvalue weighted by atomic mass is 9.78. The number of carbonyl (C=O) groups excluding carboxylic acids is 1. The van der Waals surface area contributed by atoms with Gasteiger partial charge in [-0.2, -0.15) is 0 Å². The van der Waals surface area contributed by atoms with E-state index in [-0.39, 0.29) is 17.7 Å². The fourth-order valence-corrected chi connectivity index (χ4v) is 5.01. The fourth-order valence-electron chi connectivity index (χ4n) is 5.01. The van der Waals surface area contributed by atoms with Crippen molar-refractivity contribution in [3.8, 4) is 17.2 Å². The average molecular weight is 471 g/mol. The molecule has 0 saturated heterocycles. The van der Waals surface area contributed by atoms with Crippen LogP contribution >= 0.6 is 0 Å². The van der Waals surface area contributed by atoms with Gasteiger partial charge in [0.05, 0.1) is 38.2 Å². The zero-order valence-corrected chi connectivity index (χ0v) is 20.3. The van der Waals surface area contributed by atoms with Crippen LogP contribution in [0.2, 0.25) is 0 Å². The van der Waals surface area contributed by atoms with Gasteiger partial charge in [0, 0.05) is 17.7 Å². The van der Waals surface area contributed by atoms with Gasteiger partial charge < -0.3 is 24.8 Å². The molecule has 2 unspecified atom stereocenters. The highest BCUT2D eigenvalue weighted by atomic mass is 16.5. The van der Waals surface area contributed by atoms with E-state index < -0.39 is 0 Å². The summed E-state index contributed by atoms with van der Waals surface area (Å²) in [4.78, 5) is 13.7. The zero-order chi connectivity index (χ0) is 24.4. The van der Waals surface area contributed by atoms with Crippen LogP contribution in [0, 0.1) is 0 Å². The quantitative estimate of drug-likeness (QED) is 0.455. The number of fused-ring (bicyclic) bond motifs is 1. The molecule has 0 fully saturated rings. The first kappa shape index (κ1) is 22.8. The van der Waals surface area contributed by atoms with Crippen LogP contribution in [0.3, 0.4) is 0 Å². The molecule has 1 aliphatic heterocycles. The number of benzene rings is 3. The number of allylic oxidation sites excluding steroid dienone is 1. The number of ketones is 1. The van der Waals surface area contributed by atoms with Crippen molar-refractivity contribution in [1.29, 1.82) is 0 Å². The van der Waals surface area contributed by atoms with E-state index in [1.54, 1.807) is 14.2 Å². The average Bonchev–Trinajstić information content (AvgIpc) is 3.06. The number of hydrogen-bond donors (Lipinski definition) is 2. The first-order valence-corrected chi connectivity index (χ1v) is 11.9. The number of rotatable bonds is 6. The molecule has 6 heteroatoms. The molecule has 2 N–H and O–H groups in total. The Morgan fingerprint density at radius 3 is 2.29 bits per heavy atom. The standard InChI is InChI=1S/C29H30N2O4/c1-4-35-21-12-9-18(10-13-21)29-28-24(30-22-7-5-6-8-23(22)31-29)15-20(16-25(28)32)19-11-14-26(33-2)27(17-19)34-3/h5-14,17,20,29-31H,4,15-16H2,1-3H3. The Bertz CT molecular complexity index is 1270. The van der Waals surface area contributed by atoms with Gasteiger partial charge in [-0.3, -0.25) is 4.79 Å². The summed E-state index contributed by atoms with van der Waals surface area (Å²) in [6.45, 7) is 2.58. The van der Waals surface area contributed by atoms with Gasteiger partial charge in [0.15, 0.2) is 17.3 Å². The third kappa shape index (κ3) is 4.44. The third-order valence-corrected chi connectivity index (χ3v) is 6.71. The maximum absolute atomic E-state index is 13.7. The summed E-state index contributed by atoms with van der Waals surface area (Å²) < 4.78 is 16.5. The maximum Gasteiger partial charge on any atom is 0.163 e. The Kier molecular flexibility index (Phi) is 6.36. The van der Waals surface area contributed by atoms with Gasteiger partial charge in [0.2, 0.25) is 0 Å². The molecule has 0 aromatic heterocycles. The maximum atomic E-state index is 13.7. The second-order valence-corrected chi connectivity index (χ2v) is 8.78. The lowest BCUT2D eigenvalue weighted by Crippen LogP contribution is -2.26. The largest absolute Gasteiger partial charge is 0.494 e. The van der Waals surface area contributed by atoms with Crippen LogP contribution in [0.25, 0.3) is 0 Å². The van der Waals surface area contributed by atoms with Crippen LogP contribution < -0.4 is 24.8 Å². The smallest absolute Gasteiger partial charge is 0.163 e. The molecule has 3 aromatic carbocycles. The normalized spacial score (nSPS) is 19.0. The van der Waals surface area contributed by atoms with Gasteiger partial charge in [-0.25, -0.2) is 0 Å². The molecule has 0 bridgehead atoms. The minimum atomic E-state index is -0.254. The van der Waals surface area contributed by atoms with E-state index in [4.69, 9.17) is 14.2 Å². The zero-order valence-electron chi connectivity index (χ0n) is 20.3. The monoisotopic (exact) mass is 470 g/mol. The Labute approximate surface area is 205 Å². The topological polar surface area (TPSA) is 68.8 Å². The molecular formula is C29H30N2O4. The summed E-state index contributed by atoms with van der Waals surface area (Å²) >= 11 is 0. The number of carbonyl (C=O) groups is 1. The van der Waals surface area contributed by atoms with Crippen molar-refractivity contribution >= 4 is 17.2 Å². The molecular weight excluding hydrogens is 440 g/mol. The van der Waals surface area contributed by atoms with Crippen molar-refractivity contribution in [2.24, 2.45) is 0 Å². The van der Waals surface area contributed by atoms with E-state index in [2.05, 4.69) is 10.6 Å². The minimum absolute atomic E-state index is 0.0415. The van der Waals surface area contributed by atoms with Crippen molar-refractivity contribution in [3.63, 3.8) is 0 Å². The molecule has 3 aromatic rings. The lowest BCUT2D eigenvalue weighted by molar-refractivity contribution is -0.116. The van der Waals surface area contributed by atoms with E-state index >= 15 is 0 Å². The van der Waals surface area contributed by atoms with Crippen LogP contribution in [0.1, 0.15) is 42.9 Å². The van der Waals surface area contributed by atoms with Gasteiger partial charge in [0.25, 0.3) is 0 Å². The van der Waals surface area contributed by atoms with Crippen molar-refractivity contribution < 1.29 is 19.0 Å². The molecule has 6 nitrogen and oxygen atoms in total. The fraction of sp³-hybridized carbons (Fsp3) is 0.276. The number of anilines is 2. The summed E-state index contributed by atoms with van der Waals surface area (Å²) in [7, 11) is 3.25. The van der Waals surface area contributed by atoms with Crippen LogP contribution in [0.5, 0.6) is 17.2 Å². The second kappa shape index (κ2) is 9.74. The van der Waals surface area contributed by atoms with Crippen LogP contribution in [-0.2, 0) is 4.79 Å². The summed E-state index contributed by atoms with van der Waals surface area (Å²) in [6, 6.07) is 21.7. The lowest BCUT2D eigenvalue weighted by Gasteiger charge is -2.30. The van der Waals surface area contributed by atoms with E-state index in [0.29, 0.717) is 24.5 Å². The van der Waals surface area contributed by atoms with Crippen molar-refractivity contribution in [2.75, 3.05) is 31.5 Å². The molecule has 0 spiro atoms. The van der Waals surface area contributed by atoms with Gasteiger partial charge in [-0.1, -0.05) is 30.3 Å². The highest BCUT2D eigenvalue weighted by Crippen LogP contribution is 2.45.